The fraction of sp³-hybridized carbons (Fsp3) is 0.500. The van der Waals surface area contributed by atoms with Crippen LogP contribution in [0.25, 0.3) is 10.9 Å². The van der Waals surface area contributed by atoms with Gasteiger partial charge in [-0.2, -0.15) is 4.98 Å². The summed E-state index contributed by atoms with van der Waals surface area (Å²) < 4.78 is 0. The average molecular weight is 285 g/mol. The third-order valence-corrected chi connectivity index (χ3v) is 4.42. The molecule has 112 valence electrons. The third-order valence-electron chi connectivity index (χ3n) is 4.42. The van der Waals surface area contributed by atoms with Crippen LogP contribution in [-0.2, 0) is 0 Å². The standard InChI is InChI=1S/C16H23N5/c1-16(2)11-21(10-9-20(16)4)14-12-7-5-6-8-13(12)18-15(17-3)19-14/h5-8H,9-11H2,1-4H3,(H,17,18,19). The lowest BCUT2D eigenvalue weighted by Crippen LogP contribution is -2.58. The fourth-order valence-electron chi connectivity index (χ4n) is 2.83. The highest BCUT2D eigenvalue weighted by Crippen LogP contribution is 2.29. The molecule has 1 aromatic carbocycles. The molecule has 5 heteroatoms. The molecule has 2 heterocycles. The Morgan fingerprint density at radius 3 is 2.62 bits per heavy atom. The molecular formula is C16H23N5. The molecule has 1 aromatic heterocycles. The van der Waals surface area contributed by atoms with Crippen molar-refractivity contribution in [3.63, 3.8) is 0 Å². The van der Waals surface area contributed by atoms with Gasteiger partial charge >= 0.3 is 0 Å². The van der Waals surface area contributed by atoms with Crippen molar-refractivity contribution < 1.29 is 0 Å². The van der Waals surface area contributed by atoms with Crippen LogP contribution in [0, 0.1) is 0 Å². The predicted octanol–water partition coefficient (Wildman–Crippen LogP) is 2.20. The van der Waals surface area contributed by atoms with Crippen molar-refractivity contribution in [2.45, 2.75) is 19.4 Å². The van der Waals surface area contributed by atoms with E-state index in [4.69, 9.17) is 4.98 Å². The smallest absolute Gasteiger partial charge is 0.224 e. The Balaban J connectivity index is 2.07. The number of piperazine rings is 1. The highest BCUT2D eigenvalue weighted by molar-refractivity contribution is 5.90. The van der Waals surface area contributed by atoms with E-state index in [1.54, 1.807) is 0 Å². The van der Waals surface area contributed by atoms with Crippen LogP contribution in [-0.4, -0.2) is 54.1 Å². The highest BCUT2D eigenvalue weighted by atomic mass is 15.3. The van der Waals surface area contributed by atoms with E-state index in [-0.39, 0.29) is 5.54 Å². The van der Waals surface area contributed by atoms with Gasteiger partial charge in [-0.05, 0) is 33.0 Å². The minimum Gasteiger partial charge on any atom is -0.357 e. The summed E-state index contributed by atoms with van der Waals surface area (Å²) in [5.41, 5.74) is 1.13. The number of fused-ring (bicyclic) bond motifs is 1. The molecule has 1 N–H and O–H groups in total. The second kappa shape index (κ2) is 5.15. The molecule has 1 aliphatic heterocycles. The summed E-state index contributed by atoms with van der Waals surface area (Å²) in [7, 11) is 4.05. The fourth-order valence-corrected chi connectivity index (χ4v) is 2.83. The van der Waals surface area contributed by atoms with Crippen molar-refractivity contribution in [2.75, 3.05) is 43.9 Å². The van der Waals surface area contributed by atoms with E-state index in [2.05, 4.69) is 53.1 Å². The second-order valence-electron chi connectivity index (χ2n) is 6.29. The first kappa shape index (κ1) is 14.1. The first-order valence-corrected chi connectivity index (χ1v) is 7.42. The molecule has 1 fully saturated rings. The molecule has 0 spiro atoms. The summed E-state index contributed by atoms with van der Waals surface area (Å²) >= 11 is 0. The number of rotatable bonds is 2. The summed E-state index contributed by atoms with van der Waals surface area (Å²) in [6.07, 6.45) is 0. The maximum Gasteiger partial charge on any atom is 0.224 e. The van der Waals surface area contributed by atoms with Crippen molar-refractivity contribution in [1.82, 2.24) is 14.9 Å². The lowest BCUT2D eigenvalue weighted by Gasteiger charge is -2.46. The minimum atomic E-state index is 0.143. The molecule has 0 atom stereocenters. The quantitative estimate of drug-likeness (QED) is 0.916. The lowest BCUT2D eigenvalue weighted by molar-refractivity contribution is 0.138. The molecule has 0 amide bonds. The molecule has 0 unspecified atom stereocenters. The Kier molecular flexibility index (Phi) is 3.45. The van der Waals surface area contributed by atoms with Gasteiger partial charge in [-0.25, -0.2) is 4.98 Å². The molecule has 0 radical (unpaired) electrons. The largest absolute Gasteiger partial charge is 0.357 e. The maximum absolute atomic E-state index is 4.72. The first-order valence-electron chi connectivity index (χ1n) is 7.42. The van der Waals surface area contributed by atoms with Crippen LogP contribution in [0.2, 0.25) is 0 Å². The number of likely N-dealkylation sites (N-methyl/N-ethyl adjacent to an activating group) is 1. The number of hydrogen-bond acceptors (Lipinski definition) is 5. The van der Waals surface area contributed by atoms with Crippen molar-refractivity contribution in [1.29, 1.82) is 0 Å². The third kappa shape index (κ3) is 2.53. The second-order valence-corrected chi connectivity index (χ2v) is 6.29. The van der Waals surface area contributed by atoms with E-state index in [9.17, 15) is 0 Å². The maximum atomic E-state index is 4.72. The molecule has 0 aliphatic carbocycles. The van der Waals surface area contributed by atoms with E-state index in [1.807, 2.05) is 19.2 Å². The van der Waals surface area contributed by atoms with Crippen LogP contribution in [0.15, 0.2) is 24.3 Å². The van der Waals surface area contributed by atoms with Gasteiger partial charge in [0, 0.05) is 37.6 Å². The van der Waals surface area contributed by atoms with Gasteiger partial charge in [0.05, 0.1) is 5.52 Å². The van der Waals surface area contributed by atoms with E-state index in [0.717, 1.165) is 36.4 Å². The molecule has 1 aliphatic rings. The van der Waals surface area contributed by atoms with Gasteiger partial charge in [0.25, 0.3) is 0 Å². The SMILES string of the molecule is CNc1nc(N2CCN(C)C(C)(C)C2)c2ccccc2n1. The topological polar surface area (TPSA) is 44.3 Å². The van der Waals surface area contributed by atoms with E-state index >= 15 is 0 Å². The number of nitrogens with zero attached hydrogens (tertiary/aromatic N) is 4. The molecule has 3 rings (SSSR count). The minimum absolute atomic E-state index is 0.143. The van der Waals surface area contributed by atoms with Crippen molar-refractivity contribution in [3.05, 3.63) is 24.3 Å². The normalized spacial score (nSPS) is 19.0. The van der Waals surface area contributed by atoms with E-state index < -0.39 is 0 Å². The number of benzene rings is 1. The Bertz CT molecular complexity index is 652. The van der Waals surface area contributed by atoms with Gasteiger partial charge in [-0.15, -0.1) is 0 Å². The summed E-state index contributed by atoms with van der Waals surface area (Å²) in [4.78, 5) is 14.0. The molecule has 0 saturated carbocycles. The number of para-hydroxylation sites is 1. The van der Waals surface area contributed by atoms with Crippen LogP contribution < -0.4 is 10.2 Å². The number of nitrogens with one attached hydrogen (secondary N) is 1. The molecule has 21 heavy (non-hydrogen) atoms. The summed E-state index contributed by atoms with van der Waals surface area (Å²) in [5.74, 6) is 1.71. The predicted molar refractivity (Wildman–Crippen MR) is 88.0 cm³/mol. The monoisotopic (exact) mass is 285 g/mol. The van der Waals surface area contributed by atoms with Crippen LogP contribution in [0.1, 0.15) is 13.8 Å². The summed E-state index contributed by atoms with van der Waals surface area (Å²) in [6.45, 7) is 7.56. The first-order chi connectivity index (χ1) is 10.0. The van der Waals surface area contributed by atoms with Gasteiger partial charge in [-0.1, -0.05) is 12.1 Å². The zero-order valence-electron chi connectivity index (χ0n) is 13.2. The van der Waals surface area contributed by atoms with Crippen LogP contribution in [0.5, 0.6) is 0 Å². The zero-order chi connectivity index (χ0) is 15.0. The Morgan fingerprint density at radius 1 is 1.14 bits per heavy atom. The zero-order valence-corrected chi connectivity index (χ0v) is 13.2. The van der Waals surface area contributed by atoms with Crippen molar-refractivity contribution >= 4 is 22.7 Å². The van der Waals surface area contributed by atoms with Gasteiger partial charge in [0.2, 0.25) is 5.95 Å². The summed E-state index contributed by atoms with van der Waals surface area (Å²) in [5, 5.41) is 4.19. The van der Waals surface area contributed by atoms with Crippen molar-refractivity contribution in [3.8, 4) is 0 Å². The Labute approximate surface area is 126 Å². The van der Waals surface area contributed by atoms with Gasteiger partial charge in [0.15, 0.2) is 0 Å². The van der Waals surface area contributed by atoms with Crippen LogP contribution in [0.4, 0.5) is 11.8 Å². The van der Waals surface area contributed by atoms with Gasteiger partial charge < -0.3 is 10.2 Å². The number of anilines is 2. The molecular weight excluding hydrogens is 262 g/mol. The van der Waals surface area contributed by atoms with E-state index in [0.29, 0.717) is 5.95 Å². The molecule has 1 saturated heterocycles. The number of hydrogen-bond donors (Lipinski definition) is 1. The molecule has 2 aromatic rings. The van der Waals surface area contributed by atoms with Gasteiger partial charge in [0.1, 0.15) is 5.82 Å². The average Bonchev–Trinajstić information content (AvgIpc) is 2.48. The molecule has 0 bridgehead atoms. The Hall–Kier alpha value is -1.88. The lowest BCUT2D eigenvalue weighted by atomic mass is 9.99. The highest BCUT2D eigenvalue weighted by Gasteiger charge is 2.32. The van der Waals surface area contributed by atoms with Crippen LogP contribution >= 0.6 is 0 Å². The Morgan fingerprint density at radius 2 is 1.90 bits per heavy atom. The molecule has 5 nitrogen and oxygen atoms in total. The van der Waals surface area contributed by atoms with Crippen molar-refractivity contribution in [2.24, 2.45) is 0 Å². The van der Waals surface area contributed by atoms with Gasteiger partial charge in [-0.3, -0.25) is 4.90 Å². The summed E-state index contributed by atoms with van der Waals surface area (Å²) in [6, 6.07) is 8.22. The number of aromatic nitrogens is 2. The van der Waals surface area contributed by atoms with Crippen LogP contribution in [0.3, 0.4) is 0 Å². The van der Waals surface area contributed by atoms with E-state index in [1.165, 1.54) is 0 Å².